The zero-order chi connectivity index (χ0) is 11.7. The van der Waals surface area contributed by atoms with Crippen molar-refractivity contribution in [2.45, 2.75) is 44.4 Å². The molecule has 1 atom stereocenters. The number of carbonyl (C=O) groups excluding carboxylic acids is 1. The molecular weight excluding hydrogens is 210 g/mol. The number of benzene rings is 1. The Morgan fingerprint density at radius 2 is 2.06 bits per heavy atom. The van der Waals surface area contributed by atoms with E-state index < -0.39 is 0 Å². The molecule has 1 aliphatic carbocycles. The fourth-order valence-electron chi connectivity index (χ4n) is 3.15. The summed E-state index contributed by atoms with van der Waals surface area (Å²) in [5.41, 5.74) is 3.90. The normalized spacial score (nSPS) is 24.0. The molecule has 1 aromatic carbocycles. The van der Waals surface area contributed by atoms with Gasteiger partial charge in [0.2, 0.25) is 0 Å². The van der Waals surface area contributed by atoms with Crippen molar-refractivity contribution in [1.82, 2.24) is 0 Å². The van der Waals surface area contributed by atoms with Crippen LogP contribution in [0.25, 0.3) is 0 Å². The van der Waals surface area contributed by atoms with Crippen molar-refractivity contribution in [2.24, 2.45) is 0 Å². The molecule has 1 fully saturated rings. The van der Waals surface area contributed by atoms with Crippen LogP contribution in [0.4, 0.5) is 5.69 Å². The van der Waals surface area contributed by atoms with Crippen LogP contribution in [0.3, 0.4) is 0 Å². The molecule has 1 N–H and O–H groups in total. The van der Waals surface area contributed by atoms with E-state index in [1.807, 2.05) is 0 Å². The fraction of sp³-hybridized carbons (Fsp3) is 0.533. The minimum absolute atomic E-state index is 0.151. The first kappa shape index (κ1) is 10.8. The van der Waals surface area contributed by atoms with Gasteiger partial charge in [-0.25, -0.2) is 0 Å². The van der Waals surface area contributed by atoms with Crippen LogP contribution in [0.15, 0.2) is 18.2 Å². The Kier molecular flexibility index (Phi) is 2.87. The summed E-state index contributed by atoms with van der Waals surface area (Å²) >= 11 is 0. The third kappa shape index (κ3) is 1.97. The number of nitrogens with one attached hydrogen (secondary N) is 1. The molecule has 90 valence electrons. The van der Waals surface area contributed by atoms with Gasteiger partial charge in [0.15, 0.2) is 0 Å². The van der Waals surface area contributed by atoms with Crippen LogP contribution in [0, 0.1) is 0 Å². The van der Waals surface area contributed by atoms with Crippen molar-refractivity contribution in [3.05, 3.63) is 29.3 Å². The average Bonchev–Trinajstić information content (AvgIpc) is 2.72. The number of anilines is 1. The highest BCUT2D eigenvalue weighted by atomic mass is 16.1. The van der Waals surface area contributed by atoms with Crippen molar-refractivity contribution in [1.29, 1.82) is 0 Å². The van der Waals surface area contributed by atoms with Gasteiger partial charge in [0.05, 0.1) is 0 Å². The zero-order valence-electron chi connectivity index (χ0n) is 10.2. The summed E-state index contributed by atoms with van der Waals surface area (Å²) in [6.45, 7) is 1.02. The molecule has 1 heterocycles. The molecule has 2 heteroatoms. The Morgan fingerprint density at radius 1 is 1.12 bits per heavy atom. The molecule has 1 aromatic rings. The Labute approximate surface area is 102 Å². The molecule has 0 saturated heterocycles. The predicted octanol–water partition coefficient (Wildman–Crippen LogP) is 3.27. The summed E-state index contributed by atoms with van der Waals surface area (Å²) in [6.07, 6.45) is 6.40. The van der Waals surface area contributed by atoms with E-state index in [2.05, 4.69) is 23.5 Å². The van der Waals surface area contributed by atoms with Crippen molar-refractivity contribution >= 4 is 11.5 Å². The quantitative estimate of drug-likeness (QED) is 0.749. The van der Waals surface area contributed by atoms with E-state index in [4.69, 9.17) is 0 Å². The molecule has 0 spiro atoms. The third-order valence-electron chi connectivity index (χ3n) is 4.06. The van der Waals surface area contributed by atoms with Crippen LogP contribution in [-0.2, 0) is 11.2 Å². The Bertz CT molecular complexity index is 439. The molecular formula is C15H19NO. The topological polar surface area (TPSA) is 29.1 Å². The molecule has 0 radical (unpaired) electrons. The number of hydrogen-bond acceptors (Lipinski definition) is 2. The number of carbonyl (C=O) groups is 1. The van der Waals surface area contributed by atoms with E-state index >= 15 is 0 Å². The second-order valence-electron chi connectivity index (χ2n) is 5.18. The van der Waals surface area contributed by atoms with E-state index in [0.717, 1.165) is 32.2 Å². The van der Waals surface area contributed by atoms with Crippen LogP contribution in [0.2, 0.25) is 0 Å². The van der Waals surface area contributed by atoms with Crippen LogP contribution in [-0.4, -0.2) is 12.3 Å². The van der Waals surface area contributed by atoms with Crippen molar-refractivity contribution in [3.63, 3.8) is 0 Å². The molecule has 2 nitrogen and oxygen atoms in total. The first-order chi connectivity index (χ1) is 8.36. The Hall–Kier alpha value is -1.31. The molecule has 1 saturated carbocycles. The summed E-state index contributed by atoms with van der Waals surface area (Å²) in [4.78, 5) is 12.2. The highest BCUT2D eigenvalue weighted by Gasteiger charge is 2.26. The first-order valence-corrected chi connectivity index (χ1v) is 6.74. The molecule has 17 heavy (non-hydrogen) atoms. The number of Topliss-reactive ketones (excluding diaryl/α,β-unsaturated/α-hetero) is 1. The number of fused-ring (bicyclic) bond motifs is 1. The van der Waals surface area contributed by atoms with Gasteiger partial charge in [-0.15, -0.1) is 0 Å². The predicted molar refractivity (Wildman–Crippen MR) is 69.5 cm³/mol. The largest absolute Gasteiger partial charge is 0.384 e. The van der Waals surface area contributed by atoms with Crippen LogP contribution >= 0.6 is 0 Å². The molecule has 2 aliphatic rings. The van der Waals surface area contributed by atoms with Gasteiger partial charge in [-0.05, 0) is 30.4 Å². The van der Waals surface area contributed by atoms with Gasteiger partial charge in [-0.1, -0.05) is 31.0 Å². The molecule has 0 amide bonds. The molecule has 0 aromatic heterocycles. The van der Waals surface area contributed by atoms with Gasteiger partial charge in [0.25, 0.3) is 0 Å². The lowest BCUT2D eigenvalue weighted by Crippen LogP contribution is -2.12. The highest BCUT2D eigenvalue weighted by Crippen LogP contribution is 2.37. The summed E-state index contributed by atoms with van der Waals surface area (Å²) < 4.78 is 0. The van der Waals surface area contributed by atoms with Gasteiger partial charge in [-0.3, -0.25) is 4.79 Å². The van der Waals surface area contributed by atoms with Crippen molar-refractivity contribution in [3.8, 4) is 0 Å². The minimum atomic E-state index is 0.151. The van der Waals surface area contributed by atoms with E-state index in [0.29, 0.717) is 5.78 Å². The minimum Gasteiger partial charge on any atom is -0.384 e. The molecule has 0 bridgehead atoms. The SMILES string of the molecule is O=C1CCCCCC1c1cccc2c1NCC2. The zero-order valence-corrected chi connectivity index (χ0v) is 10.2. The van der Waals surface area contributed by atoms with E-state index in [9.17, 15) is 4.79 Å². The fourth-order valence-corrected chi connectivity index (χ4v) is 3.15. The van der Waals surface area contributed by atoms with E-state index in [-0.39, 0.29) is 5.92 Å². The van der Waals surface area contributed by atoms with Gasteiger partial charge < -0.3 is 5.32 Å². The number of hydrogen-bond donors (Lipinski definition) is 1. The van der Waals surface area contributed by atoms with Crippen molar-refractivity contribution < 1.29 is 4.79 Å². The maximum absolute atomic E-state index is 12.2. The van der Waals surface area contributed by atoms with Crippen LogP contribution in [0.5, 0.6) is 0 Å². The molecule has 1 unspecified atom stereocenters. The lowest BCUT2D eigenvalue weighted by Gasteiger charge is -2.17. The number of ketones is 1. The third-order valence-corrected chi connectivity index (χ3v) is 4.06. The second kappa shape index (κ2) is 4.52. The molecule has 3 rings (SSSR count). The second-order valence-corrected chi connectivity index (χ2v) is 5.18. The summed E-state index contributed by atoms with van der Waals surface area (Å²) in [7, 11) is 0. The standard InChI is InChI=1S/C15H19NO/c17-14-8-3-1-2-6-12(14)13-7-4-5-11-9-10-16-15(11)13/h4-5,7,12,16H,1-3,6,8-10H2. The maximum atomic E-state index is 12.2. The maximum Gasteiger partial charge on any atom is 0.140 e. The summed E-state index contributed by atoms with van der Waals surface area (Å²) in [5, 5.41) is 3.45. The Morgan fingerprint density at radius 3 is 3.00 bits per heavy atom. The lowest BCUT2D eigenvalue weighted by molar-refractivity contribution is -0.120. The summed E-state index contributed by atoms with van der Waals surface area (Å²) in [6, 6.07) is 6.43. The average molecular weight is 229 g/mol. The monoisotopic (exact) mass is 229 g/mol. The smallest absolute Gasteiger partial charge is 0.140 e. The number of rotatable bonds is 1. The summed E-state index contributed by atoms with van der Waals surface area (Å²) in [5.74, 6) is 0.600. The lowest BCUT2D eigenvalue weighted by atomic mass is 9.88. The first-order valence-electron chi connectivity index (χ1n) is 6.74. The van der Waals surface area contributed by atoms with Crippen LogP contribution in [0.1, 0.15) is 49.1 Å². The highest BCUT2D eigenvalue weighted by molar-refractivity contribution is 5.88. The van der Waals surface area contributed by atoms with Gasteiger partial charge in [0, 0.05) is 24.6 Å². The van der Waals surface area contributed by atoms with Gasteiger partial charge in [-0.2, -0.15) is 0 Å². The Balaban J connectivity index is 1.97. The van der Waals surface area contributed by atoms with E-state index in [1.54, 1.807) is 0 Å². The van der Waals surface area contributed by atoms with Gasteiger partial charge in [0.1, 0.15) is 5.78 Å². The van der Waals surface area contributed by atoms with Crippen LogP contribution < -0.4 is 5.32 Å². The molecule has 1 aliphatic heterocycles. The van der Waals surface area contributed by atoms with Gasteiger partial charge >= 0.3 is 0 Å². The number of para-hydroxylation sites is 1. The van der Waals surface area contributed by atoms with E-state index in [1.165, 1.54) is 29.7 Å². The van der Waals surface area contributed by atoms with Crippen molar-refractivity contribution in [2.75, 3.05) is 11.9 Å².